The Hall–Kier alpha value is -3.96. The molecular formula is C28H34N4O7. The van der Waals surface area contributed by atoms with Gasteiger partial charge in [-0.15, -0.1) is 0 Å². The second-order valence-electron chi connectivity index (χ2n) is 9.47. The average Bonchev–Trinajstić information content (AvgIpc) is 3.41. The number of ether oxygens (including phenoxy) is 5. The molecule has 0 aromatic heterocycles. The maximum Gasteiger partial charge on any atom is 0.338 e. The van der Waals surface area contributed by atoms with E-state index in [1.54, 1.807) is 26.2 Å². The quantitative estimate of drug-likeness (QED) is 0.465. The smallest absolute Gasteiger partial charge is 0.338 e. The van der Waals surface area contributed by atoms with Crippen molar-refractivity contribution in [3.8, 4) is 23.0 Å². The lowest BCUT2D eigenvalue weighted by Gasteiger charge is -2.37. The standard InChI is InChI=1S/C28H34N4O7/c1-4-37-27(33)24-20(29-28(34)30-25(24)19-6-5-7-22(35-2)26(19)36-3)16-32-12-10-31(11-13-32)15-18-8-9-21-23(14-18)39-17-38-21/h5-9,14,25H,4,10-13,15-17H2,1-3H3,(H2,29,30,34). The molecule has 3 heterocycles. The van der Waals surface area contributed by atoms with Gasteiger partial charge in [-0.3, -0.25) is 9.80 Å². The van der Waals surface area contributed by atoms with Crippen molar-refractivity contribution in [2.75, 3.05) is 60.3 Å². The predicted molar refractivity (Wildman–Crippen MR) is 142 cm³/mol. The van der Waals surface area contributed by atoms with E-state index in [2.05, 4.69) is 26.5 Å². The zero-order valence-corrected chi connectivity index (χ0v) is 22.5. The second kappa shape index (κ2) is 11.8. The first kappa shape index (κ1) is 26.6. The number of amides is 2. The molecule has 39 heavy (non-hydrogen) atoms. The van der Waals surface area contributed by atoms with Crippen LogP contribution in [0, 0.1) is 0 Å². The minimum Gasteiger partial charge on any atom is -0.493 e. The zero-order chi connectivity index (χ0) is 27.4. The summed E-state index contributed by atoms with van der Waals surface area (Å²) >= 11 is 0. The fourth-order valence-electron chi connectivity index (χ4n) is 5.19. The summed E-state index contributed by atoms with van der Waals surface area (Å²) in [6, 6.07) is 10.3. The third-order valence-electron chi connectivity index (χ3n) is 7.08. The summed E-state index contributed by atoms with van der Waals surface area (Å²) in [5.41, 5.74) is 2.66. The van der Waals surface area contributed by atoms with Crippen LogP contribution in [0.4, 0.5) is 4.79 Å². The number of hydrogen-bond donors (Lipinski definition) is 2. The van der Waals surface area contributed by atoms with Gasteiger partial charge in [-0.1, -0.05) is 18.2 Å². The number of piperazine rings is 1. The van der Waals surface area contributed by atoms with Crippen molar-refractivity contribution >= 4 is 12.0 Å². The molecule has 1 fully saturated rings. The van der Waals surface area contributed by atoms with E-state index >= 15 is 0 Å². The number of fused-ring (bicyclic) bond motifs is 1. The first-order chi connectivity index (χ1) is 19.0. The van der Waals surface area contributed by atoms with Crippen LogP contribution in [0.15, 0.2) is 47.7 Å². The number of rotatable bonds is 9. The van der Waals surface area contributed by atoms with Crippen LogP contribution in [0.1, 0.15) is 24.1 Å². The van der Waals surface area contributed by atoms with E-state index < -0.39 is 18.0 Å². The summed E-state index contributed by atoms with van der Waals surface area (Å²) in [6.07, 6.45) is 0. The first-order valence-corrected chi connectivity index (χ1v) is 13.0. The molecule has 1 unspecified atom stereocenters. The Balaban J connectivity index is 1.33. The molecule has 0 spiro atoms. The van der Waals surface area contributed by atoms with Crippen LogP contribution in [0.5, 0.6) is 23.0 Å². The monoisotopic (exact) mass is 538 g/mol. The molecule has 208 valence electrons. The molecule has 11 nitrogen and oxygen atoms in total. The predicted octanol–water partition coefficient (Wildman–Crippen LogP) is 2.42. The highest BCUT2D eigenvalue weighted by Gasteiger charge is 2.36. The molecule has 2 aromatic rings. The highest BCUT2D eigenvalue weighted by Crippen LogP contribution is 2.39. The first-order valence-electron chi connectivity index (χ1n) is 13.0. The van der Waals surface area contributed by atoms with E-state index in [0.29, 0.717) is 34.9 Å². The Morgan fingerprint density at radius 2 is 1.74 bits per heavy atom. The molecule has 0 bridgehead atoms. The molecule has 2 aromatic carbocycles. The van der Waals surface area contributed by atoms with Crippen LogP contribution in [-0.4, -0.2) is 82.1 Å². The van der Waals surface area contributed by atoms with Gasteiger partial charge in [0.25, 0.3) is 0 Å². The molecule has 0 aliphatic carbocycles. The van der Waals surface area contributed by atoms with Gasteiger partial charge in [-0.25, -0.2) is 9.59 Å². The largest absolute Gasteiger partial charge is 0.493 e. The van der Waals surface area contributed by atoms with Crippen LogP contribution < -0.4 is 29.6 Å². The Morgan fingerprint density at radius 3 is 2.46 bits per heavy atom. The lowest BCUT2D eigenvalue weighted by molar-refractivity contribution is -0.139. The van der Waals surface area contributed by atoms with Crippen LogP contribution in [0.3, 0.4) is 0 Å². The maximum absolute atomic E-state index is 13.2. The summed E-state index contributed by atoms with van der Waals surface area (Å²) < 4.78 is 27.4. The number of nitrogens with one attached hydrogen (secondary N) is 2. The highest BCUT2D eigenvalue weighted by molar-refractivity contribution is 5.95. The number of carbonyl (C=O) groups is 2. The molecule has 0 radical (unpaired) electrons. The number of benzene rings is 2. The van der Waals surface area contributed by atoms with Gasteiger partial charge in [0, 0.05) is 50.5 Å². The highest BCUT2D eigenvalue weighted by atomic mass is 16.7. The molecule has 2 amide bonds. The number of para-hydroxylation sites is 1. The number of methoxy groups -OCH3 is 2. The summed E-state index contributed by atoms with van der Waals surface area (Å²) in [4.78, 5) is 30.6. The average molecular weight is 539 g/mol. The molecule has 2 N–H and O–H groups in total. The van der Waals surface area contributed by atoms with Crippen LogP contribution in [0.2, 0.25) is 0 Å². The molecule has 5 rings (SSSR count). The number of nitrogens with zero attached hydrogens (tertiary/aromatic N) is 2. The summed E-state index contributed by atoms with van der Waals surface area (Å²) in [5, 5.41) is 5.75. The van der Waals surface area contributed by atoms with Gasteiger partial charge in [0.15, 0.2) is 23.0 Å². The van der Waals surface area contributed by atoms with Crippen molar-refractivity contribution in [3.63, 3.8) is 0 Å². The number of esters is 1. The van der Waals surface area contributed by atoms with E-state index in [4.69, 9.17) is 23.7 Å². The van der Waals surface area contributed by atoms with E-state index in [1.807, 2.05) is 18.2 Å². The molecule has 11 heteroatoms. The third-order valence-corrected chi connectivity index (χ3v) is 7.08. The van der Waals surface area contributed by atoms with Crippen LogP contribution in [0.25, 0.3) is 0 Å². The van der Waals surface area contributed by atoms with Crippen molar-refractivity contribution in [1.29, 1.82) is 0 Å². The molecular weight excluding hydrogens is 504 g/mol. The summed E-state index contributed by atoms with van der Waals surface area (Å²) in [5.74, 6) is 2.03. The molecule has 3 aliphatic rings. The van der Waals surface area contributed by atoms with Crippen molar-refractivity contribution in [2.24, 2.45) is 0 Å². The normalized spacial score (nSPS) is 19.4. The maximum atomic E-state index is 13.2. The van der Waals surface area contributed by atoms with Gasteiger partial charge in [0.2, 0.25) is 6.79 Å². The van der Waals surface area contributed by atoms with Gasteiger partial charge in [0.05, 0.1) is 32.4 Å². The van der Waals surface area contributed by atoms with Gasteiger partial charge in [-0.05, 0) is 30.7 Å². The van der Waals surface area contributed by atoms with Crippen molar-refractivity contribution in [2.45, 2.75) is 19.5 Å². The Bertz CT molecular complexity index is 1260. The topological polar surface area (TPSA) is 111 Å². The molecule has 1 saturated heterocycles. The number of urea groups is 1. The number of hydrogen-bond acceptors (Lipinski definition) is 9. The van der Waals surface area contributed by atoms with E-state index in [0.717, 1.165) is 44.2 Å². The van der Waals surface area contributed by atoms with Crippen molar-refractivity contribution in [1.82, 2.24) is 20.4 Å². The second-order valence-corrected chi connectivity index (χ2v) is 9.47. The molecule has 0 saturated carbocycles. The molecule has 1 atom stereocenters. The van der Waals surface area contributed by atoms with E-state index in [9.17, 15) is 9.59 Å². The van der Waals surface area contributed by atoms with Crippen LogP contribution in [-0.2, 0) is 16.1 Å². The van der Waals surface area contributed by atoms with Crippen molar-refractivity contribution in [3.05, 3.63) is 58.8 Å². The minimum absolute atomic E-state index is 0.212. The van der Waals surface area contributed by atoms with Crippen LogP contribution >= 0.6 is 0 Å². The van der Waals surface area contributed by atoms with Gasteiger partial charge >= 0.3 is 12.0 Å². The lowest BCUT2D eigenvalue weighted by Crippen LogP contribution is -2.51. The summed E-state index contributed by atoms with van der Waals surface area (Å²) in [7, 11) is 3.07. The Kier molecular flexibility index (Phi) is 8.08. The SMILES string of the molecule is CCOC(=O)C1=C(CN2CCN(Cc3ccc4c(c3)OCO4)CC2)NC(=O)NC1c1cccc(OC)c1OC. The van der Waals surface area contributed by atoms with E-state index in [1.165, 1.54) is 12.7 Å². The Labute approximate surface area is 227 Å². The van der Waals surface area contributed by atoms with E-state index in [-0.39, 0.29) is 13.4 Å². The van der Waals surface area contributed by atoms with Gasteiger partial charge < -0.3 is 34.3 Å². The fourth-order valence-corrected chi connectivity index (χ4v) is 5.19. The number of carbonyl (C=O) groups excluding carboxylic acids is 2. The van der Waals surface area contributed by atoms with Gasteiger partial charge in [-0.2, -0.15) is 0 Å². The van der Waals surface area contributed by atoms with Crippen molar-refractivity contribution < 1.29 is 33.3 Å². The Morgan fingerprint density at radius 1 is 1.00 bits per heavy atom. The van der Waals surface area contributed by atoms with Gasteiger partial charge in [0.1, 0.15) is 0 Å². The molecule has 3 aliphatic heterocycles. The minimum atomic E-state index is -0.759. The third kappa shape index (κ3) is 5.74. The zero-order valence-electron chi connectivity index (χ0n) is 22.5. The summed E-state index contributed by atoms with van der Waals surface area (Å²) in [6.45, 7) is 6.69. The lowest BCUT2D eigenvalue weighted by atomic mass is 9.93. The fraction of sp³-hybridized carbons (Fsp3) is 0.429.